The predicted octanol–water partition coefficient (Wildman–Crippen LogP) is 4.35. The molecule has 10 heteroatoms. The summed E-state index contributed by atoms with van der Waals surface area (Å²) in [6.07, 6.45) is 0.496. The van der Waals surface area contributed by atoms with E-state index in [2.05, 4.69) is 15.5 Å². The highest BCUT2D eigenvalue weighted by Gasteiger charge is 2.25. The summed E-state index contributed by atoms with van der Waals surface area (Å²) in [5, 5.41) is 19.4. The third kappa shape index (κ3) is 7.27. The minimum Gasteiger partial charge on any atom is -0.481 e. The second-order valence-corrected chi connectivity index (χ2v) is 8.41. The van der Waals surface area contributed by atoms with Crippen molar-refractivity contribution in [2.24, 2.45) is 5.92 Å². The normalized spacial score (nSPS) is 12.7. The highest BCUT2D eigenvalue weighted by Crippen LogP contribution is 2.27. The van der Waals surface area contributed by atoms with Crippen LogP contribution in [0.3, 0.4) is 0 Å². The zero-order valence-corrected chi connectivity index (χ0v) is 20.1. The van der Waals surface area contributed by atoms with E-state index >= 15 is 0 Å². The molecule has 1 amide bonds. The molecule has 3 N–H and O–H groups in total. The van der Waals surface area contributed by atoms with Crippen LogP contribution in [0.15, 0.2) is 48.5 Å². The maximum absolute atomic E-state index is 14.2. The number of benzene rings is 2. The quantitative estimate of drug-likeness (QED) is 0.339. The molecule has 1 heterocycles. The van der Waals surface area contributed by atoms with Crippen molar-refractivity contribution in [3.05, 3.63) is 70.6 Å². The number of carboxylic acids is 1. The van der Waals surface area contributed by atoms with E-state index in [1.165, 1.54) is 25.3 Å². The molecule has 8 nitrogen and oxygen atoms in total. The number of halogens is 2. The number of aromatic nitrogens is 2. The fraction of sp³-hybridized carbons (Fsp3) is 0.320. The number of carbonyl (C=O) groups is 2. The molecule has 186 valence electrons. The van der Waals surface area contributed by atoms with Crippen molar-refractivity contribution in [1.29, 1.82) is 0 Å². The van der Waals surface area contributed by atoms with Crippen LogP contribution in [0.1, 0.15) is 29.4 Å². The maximum Gasteiger partial charge on any atom is 0.308 e. The average molecular weight is 504 g/mol. The molecule has 35 heavy (non-hydrogen) atoms. The van der Waals surface area contributed by atoms with Crippen molar-refractivity contribution < 1.29 is 28.6 Å². The van der Waals surface area contributed by atoms with Gasteiger partial charge in [-0.15, -0.1) is 5.10 Å². The molecule has 0 aliphatic heterocycles. The van der Waals surface area contributed by atoms with Crippen LogP contribution in [-0.2, 0) is 16.0 Å². The second kappa shape index (κ2) is 12.3. The van der Waals surface area contributed by atoms with Crippen LogP contribution in [0.2, 0.25) is 5.02 Å². The Morgan fingerprint density at radius 1 is 1.20 bits per heavy atom. The molecule has 2 atom stereocenters. The lowest BCUT2D eigenvalue weighted by atomic mass is 9.94. The van der Waals surface area contributed by atoms with E-state index < -0.39 is 23.8 Å². The number of methoxy groups -OCH3 is 1. The molecular weight excluding hydrogens is 477 g/mol. The zero-order valence-electron chi connectivity index (χ0n) is 19.4. The summed E-state index contributed by atoms with van der Waals surface area (Å²) in [5.74, 6) is -2.36. The second-order valence-electron chi connectivity index (χ2n) is 7.97. The van der Waals surface area contributed by atoms with Gasteiger partial charge in [0.2, 0.25) is 5.88 Å². The average Bonchev–Trinajstić information content (AvgIpc) is 3.30. The van der Waals surface area contributed by atoms with Crippen LogP contribution in [0.5, 0.6) is 5.88 Å². The van der Waals surface area contributed by atoms with Gasteiger partial charge in [0, 0.05) is 29.8 Å². The Kier molecular flexibility index (Phi) is 9.22. The van der Waals surface area contributed by atoms with E-state index in [1.807, 2.05) is 12.1 Å². The Morgan fingerprint density at radius 2 is 1.94 bits per heavy atom. The Balaban J connectivity index is 1.79. The van der Waals surface area contributed by atoms with E-state index in [0.29, 0.717) is 35.1 Å². The van der Waals surface area contributed by atoms with Gasteiger partial charge in [0.1, 0.15) is 11.5 Å². The summed E-state index contributed by atoms with van der Waals surface area (Å²) >= 11 is 6.00. The Morgan fingerprint density at radius 3 is 2.60 bits per heavy atom. The van der Waals surface area contributed by atoms with Crippen LogP contribution < -0.4 is 10.1 Å². The molecule has 3 aromatic rings. The SMILES string of the molecule is CCOc1cc(C(=O)N[C@H](Cc2ccc(-c3cc(Cl)ccc3F)cc2)C[C@@H](COC)C(=O)O)[nH]n1. The molecule has 0 bridgehead atoms. The molecule has 0 aliphatic carbocycles. The smallest absolute Gasteiger partial charge is 0.308 e. The standard InChI is InChI=1S/C25H27ClFN3O5/c1-3-35-23-13-22(29-30-23)24(31)28-19(11-17(14-34-2)25(32)33)10-15-4-6-16(7-5-15)20-12-18(26)8-9-21(20)27/h4-9,12-13,17,19H,3,10-11,14H2,1-2H3,(H,28,31)(H,29,30)(H,32,33)/t17-,19+/m0/s1. The number of nitrogens with zero attached hydrogens (tertiary/aromatic N) is 1. The first-order valence-corrected chi connectivity index (χ1v) is 11.4. The summed E-state index contributed by atoms with van der Waals surface area (Å²) in [4.78, 5) is 24.5. The fourth-order valence-electron chi connectivity index (χ4n) is 3.71. The lowest BCUT2D eigenvalue weighted by molar-refractivity contribution is -0.144. The van der Waals surface area contributed by atoms with Crippen LogP contribution >= 0.6 is 11.6 Å². The van der Waals surface area contributed by atoms with Crippen LogP contribution in [-0.4, -0.2) is 53.5 Å². The molecule has 1 aromatic heterocycles. The number of nitrogens with one attached hydrogen (secondary N) is 2. The Bertz CT molecular complexity index is 1150. The lowest BCUT2D eigenvalue weighted by Crippen LogP contribution is -2.40. The monoisotopic (exact) mass is 503 g/mol. The van der Waals surface area contributed by atoms with Crippen molar-refractivity contribution in [3.8, 4) is 17.0 Å². The number of aliphatic carboxylic acids is 1. The van der Waals surface area contributed by atoms with Crippen LogP contribution in [0.25, 0.3) is 11.1 Å². The first kappa shape index (κ1) is 26.2. The summed E-state index contributed by atoms with van der Waals surface area (Å²) < 4.78 is 24.5. The maximum atomic E-state index is 14.2. The predicted molar refractivity (Wildman–Crippen MR) is 129 cm³/mol. The minimum absolute atomic E-state index is 0.00717. The number of ether oxygens (including phenoxy) is 2. The van der Waals surface area contributed by atoms with E-state index in [0.717, 1.165) is 5.56 Å². The summed E-state index contributed by atoms with van der Waals surface area (Å²) in [5.41, 5.74) is 2.06. The molecule has 0 aliphatic rings. The molecule has 0 saturated carbocycles. The highest BCUT2D eigenvalue weighted by atomic mass is 35.5. The van der Waals surface area contributed by atoms with Gasteiger partial charge in [0.15, 0.2) is 0 Å². The topological polar surface area (TPSA) is 114 Å². The molecule has 0 unspecified atom stereocenters. The van der Waals surface area contributed by atoms with Gasteiger partial charge in [0.25, 0.3) is 5.91 Å². The van der Waals surface area contributed by atoms with Crippen molar-refractivity contribution in [2.75, 3.05) is 20.3 Å². The molecule has 0 spiro atoms. The van der Waals surface area contributed by atoms with Gasteiger partial charge in [-0.2, -0.15) is 0 Å². The van der Waals surface area contributed by atoms with Crippen molar-refractivity contribution in [2.45, 2.75) is 25.8 Å². The summed E-state index contributed by atoms with van der Waals surface area (Å²) in [6, 6.07) is 12.4. The van der Waals surface area contributed by atoms with Crippen molar-refractivity contribution in [1.82, 2.24) is 15.5 Å². The molecule has 3 rings (SSSR count). The molecule has 2 aromatic carbocycles. The van der Waals surface area contributed by atoms with Gasteiger partial charge < -0.3 is 19.9 Å². The van der Waals surface area contributed by atoms with Gasteiger partial charge in [-0.1, -0.05) is 35.9 Å². The number of H-pyrrole nitrogens is 1. The molecule has 0 fully saturated rings. The van der Waals surface area contributed by atoms with Crippen LogP contribution in [0.4, 0.5) is 4.39 Å². The minimum atomic E-state index is -1.02. The van der Waals surface area contributed by atoms with Crippen molar-refractivity contribution in [3.63, 3.8) is 0 Å². The van der Waals surface area contributed by atoms with Gasteiger partial charge in [-0.25, -0.2) is 4.39 Å². The lowest BCUT2D eigenvalue weighted by Gasteiger charge is -2.22. The molecule has 0 saturated heterocycles. The first-order chi connectivity index (χ1) is 16.8. The van der Waals surface area contributed by atoms with E-state index in [9.17, 15) is 19.1 Å². The summed E-state index contributed by atoms with van der Waals surface area (Å²) in [6.45, 7) is 2.21. The third-order valence-electron chi connectivity index (χ3n) is 5.39. The number of carbonyl (C=O) groups excluding carboxylic acids is 1. The first-order valence-electron chi connectivity index (χ1n) is 11.1. The number of hydrogen-bond donors (Lipinski definition) is 3. The van der Waals surface area contributed by atoms with Crippen LogP contribution in [0, 0.1) is 11.7 Å². The van der Waals surface area contributed by atoms with Crippen molar-refractivity contribution >= 4 is 23.5 Å². The summed E-state index contributed by atoms with van der Waals surface area (Å²) in [7, 11) is 1.43. The van der Waals surface area contributed by atoms with Gasteiger partial charge in [-0.3, -0.25) is 14.7 Å². The number of amides is 1. The Labute approximate surface area is 207 Å². The van der Waals surface area contributed by atoms with E-state index in [-0.39, 0.29) is 24.5 Å². The largest absolute Gasteiger partial charge is 0.481 e. The van der Waals surface area contributed by atoms with E-state index in [1.54, 1.807) is 25.1 Å². The van der Waals surface area contributed by atoms with E-state index in [4.69, 9.17) is 21.1 Å². The van der Waals surface area contributed by atoms with Gasteiger partial charge >= 0.3 is 5.97 Å². The number of rotatable bonds is 12. The zero-order chi connectivity index (χ0) is 25.4. The number of hydrogen-bond acceptors (Lipinski definition) is 5. The molecule has 0 radical (unpaired) electrons. The highest BCUT2D eigenvalue weighted by molar-refractivity contribution is 6.30. The van der Waals surface area contributed by atoms with Gasteiger partial charge in [-0.05, 0) is 49.1 Å². The molecular formula is C25H27ClFN3O5. The Hall–Kier alpha value is -3.43. The van der Waals surface area contributed by atoms with Gasteiger partial charge in [0.05, 0.1) is 19.1 Å². The fourth-order valence-corrected chi connectivity index (χ4v) is 3.88. The number of aromatic amines is 1. The third-order valence-corrected chi connectivity index (χ3v) is 5.62. The number of carboxylic acid groups (broad SMARTS) is 1.